The van der Waals surface area contributed by atoms with E-state index in [0.717, 1.165) is 16.8 Å². The molecule has 1 atom stereocenters. The molecule has 1 aromatic heterocycles. The molecule has 2 aromatic carbocycles. The van der Waals surface area contributed by atoms with E-state index in [9.17, 15) is 28.8 Å². The number of hydrogen-bond acceptors (Lipinski definition) is 6. The first kappa shape index (κ1) is 25.9. The fourth-order valence-corrected chi connectivity index (χ4v) is 4.04. The molecule has 35 heavy (non-hydrogen) atoms. The summed E-state index contributed by atoms with van der Waals surface area (Å²) in [6.45, 7) is -3.27. The van der Waals surface area contributed by atoms with Crippen molar-refractivity contribution in [3.05, 3.63) is 67.4 Å². The third kappa shape index (κ3) is 5.20. The summed E-state index contributed by atoms with van der Waals surface area (Å²) in [6, 6.07) is 4.21. The van der Waals surface area contributed by atoms with Gasteiger partial charge in [0.1, 0.15) is 22.3 Å². The van der Waals surface area contributed by atoms with Gasteiger partial charge in [0.25, 0.3) is 5.69 Å². The Kier molecular flexibility index (Phi) is 7.60. The van der Waals surface area contributed by atoms with Crippen molar-refractivity contribution in [3.8, 4) is 22.9 Å². The van der Waals surface area contributed by atoms with Crippen molar-refractivity contribution < 1.29 is 37.5 Å². The van der Waals surface area contributed by atoms with E-state index >= 15 is 4.39 Å². The second-order valence-corrected chi connectivity index (χ2v) is 7.65. The molecule has 0 fully saturated rings. The maximum Gasteiger partial charge on any atom is 0.405 e. The molecule has 1 heterocycles. The van der Waals surface area contributed by atoms with E-state index in [4.69, 9.17) is 27.9 Å². The number of non-ortho nitro benzene ring substituents is 1. The third-order valence-corrected chi connectivity index (χ3v) is 5.40. The number of halogens is 5. The molecule has 0 saturated heterocycles. The number of aromatic nitrogens is 2. The Morgan fingerprint density at radius 2 is 2.00 bits per heavy atom. The number of aryl methyl sites for hydroxylation is 1. The summed E-state index contributed by atoms with van der Waals surface area (Å²) in [5.41, 5.74) is -1.48. The van der Waals surface area contributed by atoms with E-state index in [1.807, 2.05) is 0 Å². The van der Waals surface area contributed by atoms with Crippen LogP contribution >= 0.6 is 23.2 Å². The molecular formula is C20H15Cl2F3N4O6. The van der Waals surface area contributed by atoms with E-state index in [1.54, 1.807) is 0 Å². The molecule has 0 bridgehead atoms. The van der Waals surface area contributed by atoms with Gasteiger partial charge in [-0.25, -0.2) is 13.9 Å². The summed E-state index contributed by atoms with van der Waals surface area (Å²) in [5, 5.41) is 26.1. The van der Waals surface area contributed by atoms with E-state index in [1.165, 1.54) is 32.4 Å². The molecule has 0 aliphatic carbocycles. The monoisotopic (exact) mass is 534 g/mol. The fourth-order valence-electron chi connectivity index (χ4n) is 3.46. The van der Waals surface area contributed by atoms with Gasteiger partial charge in [0.2, 0.25) is 5.88 Å². The molecule has 10 nitrogen and oxygen atoms in total. The maximum atomic E-state index is 15.4. The minimum atomic E-state index is -3.27. The second kappa shape index (κ2) is 10.3. The third-order valence-electron chi connectivity index (χ3n) is 4.78. The first-order chi connectivity index (χ1) is 16.5. The summed E-state index contributed by atoms with van der Waals surface area (Å²) in [5.74, 6) is -1.86. The molecule has 2 N–H and O–H groups in total. The standard InChI is InChI=1S/C20H15Cl2F3N4O6/c1-28-18(35-19(24)25)14(22)16(27-28)12-11(23)7-10(21)17(34-2)13(12)15(26-20(30)31)8-4-3-5-9(6-8)29(32)33/h3-7,15,19,26H,1-2H3,(H,30,31). The number of nitro benzene ring substituents is 1. The summed E-state index contributed by atoms with van der Waals surface area (Å²) >= 11 is 12.4. The van der Waals surface area contributed by atoms with Crippen LogP contribution in [0, 0.1) is 15.9 Å². The minimum absolute atomic E-state index is 0.0129. The number of methoxy groups -OCH3 is 1. The Morgan fingerprint density at radius 1 is 1.31 bits per heavy atom. The van der Waals surface area contributed by atoms with Crippen LogP contribution in [0.3, 0.4) is 0 Å². The molecule has 1 amide bonds. The van der Waals surface area contributed by atoms with E-state index in [0.29, 0.717) is 0 Å². The van der Waals surface area contributed by atoms with Gasteiger partial charge in [-0.1, -0.05) is 35.3 Å². The highest BCUT2D eigenvalue weighted by Crippen LogP contribution is 2.47. The molecule has 15 heteroatoms. The van der Waals surface area contributed by atoms with Gasteiger partial charge in [0.15, 0.2) is 0 Å². The van der Waals surface area contributed by atoms with Crippen LogP contribution in [-0.4, -0.2) is 39.6 Å². The number of ether oxygens (including phenoxy) is 2. The SMILES string of the molecule is COc1c(Cl)cc(F)c(-c2nn(C)c(OC(F)F)c2Cl)c1C(NC(=O)O)c1cccc([N+](=O)[O-])c1. The number of nitro groups is 1. The average molecular weight is 535 g/mol. The van der Waals surface area contributed by atoms with Crippen LogP contribution < -0.4 is 14.8 Å². The maximum absolute atomic E-state index is 15.4. The quantitative estimate of drug-likeness (QED) is 0.292. The largest absolute Gasteiger partial charge is 0.495 e. The number of benzene rings is 2. The number of nitrogens with one attached hydrogen (secondary N) is 1. The highest BCUT2D eigenvalue weighted by Gasteiger charge is 2.33. The molecule has 0 aliphatic rings. The summed E-state index contributed by atoms with van der Waals surface area (Å²) in [6.07, 6.45) is -1.58. The zero-order valence-corrected chi connectivity index (χ0v) is 19.3. The molecule has 3 rings (SSSR count). The molecule has 186 valence electrons. The summed E-state index contributed by atoms with van der Waals surface area (Å²) in [7, 11) is 2.38. The number of rotatable bonds is 8. The van der Waals surface area contributed by atoms with Crippen molar-refractivity contribution in [1.82, 2.24) is 15.1 Å². The number of alkyl halides is 2. The Morgan fingerprint density at radius 3 is 2.57 bits per heavy atom. The molecule has 1 unspecified atom stereocenters. The van der Waals surface area contributed by atoms with Gasteiger partial charge in [0.05, 0.1) is 23.1 Å². The van der Waals surface area contributed by atoms with Crippen molar-refractivity contribution in [2.75, 3.05) is 7.11 Å². The van der Waals surface area contributed by atoms with Crippen LogP contribution in [0.5, 0.6) is 11.6 Å². The van der Waals surface area contributed by atoms with Gasteiger partial charge in [-0.05, 0) is 11.6 Å². The predicted molar refractivity (Wildman–Crippen MR) is 118 cm³/mol. The van der Waals surface area contributed by atoms with E-state index in [-0.39, 0.29) is 27.6 Å². The van der Waals surface area contributed by atoms with Crippen molar-refractivity contribution in [1.29, 1.82) is 0 Å². The second-order valence-electron chi connectivity index (χ2n) is 6.87. The molecule has 0 aliphatic heterocycles. The fraction of sp³-hybridized carbons (Fsp3) is 0.200. The van der Waals surface area contributed by atoms with Crippen LogP contribution in [0.4, 0.5) is 23.7 Å². The smallest absolute Gasteiger partial charge is 0.405 e. The van der Waals surface area contributed by atoms with Crippen molar-refractivity contribution in [2.24, 2.45) is 7.05 Å². The minimum Gasteiger partial charge on any atom is -0.495 e. The highest BCUT2D eigenvalue weighted by molar-refractivity contribution is 6.35. The van der Waals surface area contributed by atoms with Crippen LogP contribution in [0.25, 0.3) is 11.3 Å². The Bertz CT molecular complexity index is 1300. The first-order valence-corrected chi connectivity index (χ1v) is 10.2. The number of nitrogens with zero attached hydrogens (tertiary/aromatic N) is 3. The van der Waals surface area contributed by atoms with E-state index < -0.39 is 51.6 Å². The van der Waals surface area contributed by atoms with Crippen LogP contribution in [0.15, 0.2) is 30.3 Å². The lowest BCUT2D eigenvalue weighted by molar-refractivity contribution is -0.384. The van der Waals surface area contributed by atoms with Gasteiger partial charge < -0.3 is 19.9 Å². The van der Waals surface area contributed by atoms with Gasteiger partial charge >= 0.3 is 12.7 Å². The number of carboxylic acid groups (broad SMARTS) is 1. The Hall–Kier alpha value is -3.71. The number of carbonyl (C=O) groups is 1. The zero-order chi connectivity index (χ0) is 26.0. The van der Waals surface area contributed by atoms with E-state index in [2.05, 4.69) is 15.2 Å². The summed E-state index contributed by atoms with van der Waals surface area (Å²) in [4.78, 5) is 22.3. The van der Waals surface area contributed by atoms with Gasteiger partial charge in [-0.3, -0.25) is 10.1 Å². The lowest BCUT2D eigenvalue weighted by Crippen LogP contribution is -2.29. The molecular weight excluding hydrogens is 520 g/mol. The van der Waals surface area contributed by atoms with Gasteiger partial charge in [0, 0.05) is 30.3 Å². The molecule has 0 saturated carbocycles. The van der Waals surface area contributed by atoms with Gasteiger partial charge in [-0.15, -0.1) is 0 Å². The predicted octanol–water partition coefficient (Wildman–Crippen LogP) is 5.41. The van der Waals surface area contributed by atoms with Crippen molar-refractivity contribution in [2.45, 2.75) is 12.7 Å². The molecule has 0 spiro atoms. The topological polar surface area (TPSA) is 129 Å². The van der Waals surface area contributed by atoms with Crippen molar-refractivity contribution >= 4 is 35.0 Å². The lowest BCUT2D eigenvalue weighted by atomic mass is 9.91. The van der Waals surface area contributed by atoms with Crippen LogP contribution in [0.2, 0.25) is 10.0 Å². The number of hydrogen-bond donors (Lipinski definition) is 2. The zero-order valence-electron chi connectivity index (χ0n) is 17.8. The molecule has 3 aromatic rings. The van der Waals surface area contributed by atoms with Crippen molar-refractivity contribution in [3.63, 3.8) is 0 Å². The average Bonchev–Trinajstić information content (AvgIpc) is 3.04. The van der Waals surface area contributed by atoms with Crippen LogP contribution in [0.1, 0.15) is 17.2 Å². The Balaban J connectivity index is 2.40. The number of amides is 1. The summed E-state index contributed by atoms with van der Waals surface area (Å²) < 4.78 is 51.6. The molecule has 0 radical (unpaired) electrons. The first-order valence-electron chi connectivity index (χ1n) is 9.43. The normalized spacial score (nSPS) is 11.9. The van der Waals surface area contributed by atoms with Crippen LogP contribution in [-0.2, 0) is 7.05 Å². The van der Waals surface area contributed by atoms with Gasteiger partial charge in [-0.2, -0.15) is 13.9 Å². The lowest BCUT2D eigenvalue weighted by Gasteiger charge is -2.24. The highest BCUT2D eigenvalue weighted by atomic mass is 35.5. The Labute approximate surface area is 204 Å².